The Labute approximate surface area is 113 Å². The summed E-state index contributed by atoms with van der Waals surface area (Å²) < 4.78 is 5.83. The van der Waals surface area contributed by atoms with Gasteiger partial charge in [0.1, 0.15) is 11.1 Å². The predicted octanol–water partition coefficient (Wildman–Crippen LogP) is 4.44. The van der Waals surface area contributed by atoms with Crippen molar-refractivity contribution < 1.29 is 4.74 Å². The number of halogens is 1. The lowest BCUT2D eigenvalue weighted by atomic mass is 9.89. The molecule has 1 rings (SSSR count). The first-order valence-electron chi connectivity index (χ1n) is 6.11. The van der Waals surface area contributed by atoms with Crippen molar-refractivity contribution >= 4 is 22.9 Å². The van der Waals surface area contributed by atoms with E-state index in [0.29, 0.717) is 5.88 Å². The lowest BCUT2D eigenvalue weighted by Crippen LogP contribution is -2.21. The Kier molecular flexibility index (Phi) is 5.90. The van der Waals surface area contributed by atoms with E-state index < -0.39 is 0 Å². The minimum Gasteiger partial charge on any atom is -0.371 e. The van der Waals surface area contributed by atoms with Crippen molar-refractivity contribution in [3.05, 3.63) is 16.1 Å². The summed E-state index contributed by atoms with van der Waals surface area (Å²) in [5.74, 6) is 0.695. The van der Waals surface area contributed by atoms with Crippen LogP contribution in [0.15, 0.2) is 5.38 Å². The molecular formula is C13H22ClNOS. The molecule has 0 radical (unpaired) electrons. The Bertz CT molecular complexity index is 332. The highest BCUT2D eigenvalue weighted by atomic mass is 35.5. The summed E-state index contributed by atoms with van der Waals surface area (Å²) >= 11 is 7.39. The topological polar surface area (TPSA) is 22.1 Å². The van der Waals surface area contributed by atoms with Crippen molar-refractivity contribution in [2.45, 2.75) is 46.6 Å². The number of alkyl halides is 1. The molecule has 0 aliphatic heterocycles. The van der Waals surface area contributed by atoms with E-state index in [1.807, 2.05) is 6.92 Å². The molecule has 2 nitrogen and oxygen atoms in total. The zero-order chi connectivity index (χ0) is 12.9. The Balaban J connectivity index is 2.77. The summed E-state index contributed by atoms with van der Waals surface area (Å²) in [5, 5.41) is 3.21. The van der Waals surface area contributed by atoms with E-state index in [-0.39, 0.29) is 11.5 Å². The first-order chi connectivity index (χ1) is 7.99. The molecule has 0 amide bonds. The van der Waals surface area contributed by atoms with Gasteiger partial charge in [-0.15, -0.1) is 22.9 Å². The van der Waals surface area contributed by atoms with Crippen LogP contribution in [0.3, 0.4) is 0 Å². The van der Waals surface area contributed by atoms with Crippen LogP contribution in [-0.4, -0.2) is 17.5 Å². The molecule has 17 heavy (non-hydrogen) atoms. The molecule has 0 aromatic carbocycles. The van der Waals surface area contributed by atoms with E-state index >= 15 is 0 Å². The van der Waals surface area contributed by atoms with Gasteiger partial charge in [-0.25, -0.2) is 4.98 Å². The number of hydrogen-bond donors (Lipinski definition) is 0. The number of rotatable bonds is 6. The van der Waals surface area contributed by atoms with Crippen LogP contribution < -0.4 is 0 Å². The van der Waals surface area contributed by atoms with Crippen molar-refractivity contribution in [1.29, 1.82) is 0 Å². The zero-order valence-electron chi connectivity index (χ0n) is 11.1. The molecular weight excluding hydrogens is 254 g/mol. The fourth-order valence-corrected chi connectivity index (χ4v) is 2.94. The third-order valence-electron chi connectivity index (χ3n) is 2.48. The minimum absolute atomic E-state index is 0.0810. The Morgan fingerprint density at radius 2 is 2.18 bits per heavy atom. The molecule has 0 aliphatic carbocycles. The van der Waals surface area contributed by atoms with Gasteiger partial charge in [-0.3, -0.25) is 0 Å². The van der Waals surface area contributed by atoms with Gasteiger partial charge in [0.15, 0.2) is 0 Å². The number of ether oxygens (including phenoxy) is 1. The van der Waals surface area contributed by atoms with Gasteiger partial charge < -0.3 is 4.74 Å². The standard InChI is InChI=1S/C13H22ClNOS/c1-5-16-11(13(2,3)4)12-15-10(9-17-12)7-6-8-14/h9,11H,5-8H2,1-4H3. The molecule has 1 aromatic rings. The Morgan fingerprint density at radius 1 is 1.47 bits per heavy atom. The molecule has 1 atom stereocenters. The van der Waals surface area contributed by atoms with E-state index in [4.69, 9.17) is 16.3 Å². The van der Waals surface area contributed by atoms with Crippen molar-refractivity contribution in [2.24, 2.45) is 5.41 Å². The Morgan fingerprint density at radius 3 is 2.71 bits per heavy atom. The van der Waals surface area contributed by atoms with E-state index in [1.165, 1.54) is 0 Å². The molecule has 1 unspecified atom stereocenters. The lowest BCUT2D eigenvalue weighted by molar-refractivity contribution is -0.0134. The zero-order valence-corrected chi connectivity index (χ0v) is 12.7. The van der Waals surface area contributed by atoms with Gasteiger partial charge in [0.2, 0.25) is 0 Å². The minimum atomic E-state index is 0.0810. The second-order valence-corrected chi connectivity index (χ2v) is 6.44. The van der Waals surface area contributed by atoms with Crippen LogP contribution in [0, 0.1) is 5.41 Å². The molecule has 0 spiro atoms. The highest BCUT2D eigenvalue weighted by Crippen LogP contribution is 2.37. The SMILES string of the molecule is CCOC(c1nc(CCCCl)cs1)C(C)(C)C. The van der Waals surface area contributed by atoms with Gasteiger partial charge in [-0.1, -0.05) is 20.8 Å². The average molecular weight is 276 g/mol. The molecule has 4 heteroatoms. The van der Waals surface area contributed by atoms with Crippen molar-refractivity contribution in [2.75, 3.05) is 12.5 Å². The summed E-state index contributed by atoms with van der Waals surface area (Å²) in [7, 11) is 0. The number of aromatic nitrogens is 1. The van der Waals surface area contributed by atoms with Gasteiger partial charge >= 0.3 is 0 Å². The second kappa shape index (κ2) is 6.72. The second-order valence-electron chi connectivity index (χ2n) is 5.17. The van der Waals surface area contributed by atoms with Gasteiger partial charge in [-0.2, -0.15) is 0 Å². The van der Waals surface area contributed by atoms with Gasteiger partial charge in [0.05, 0.1) is 5.69 Å². The number of hydrogen-bond acceptors (Lipinski definition) is 3. The molecule has 0 N–H and O–H groups in total. The smallest absolute Gasteiger partial charge is 0.122 e. The van der Waals surface area contributed by atoms with Crippen LogP contribution in [0.4, 0.5) is 0 Å². The fourth-order valence-electron chi connectivity index (χ4n) is 1.66. The first kappa shape index (κ1) is 14.9. The Hall–Kier alpha value is -0.120. The molecule has 0 saturated carbocycles. The summed E-state index contributed by atoms with van der Waals surface area (Å²) in [6.45, 7) is 9.31. The van der Waals surface area contributed by atoms with Crippen LogP contribution in [-0.2, 0) is 11.2 Å². The third-order valence-corrected chi connectivity index (χ3v) is 3.68. The molecule has 0 aliphatic rings. The van der Waals surface area contributed by atoms with Crippen LogP contribution in [0.25, 0.3) is 0 Å². The van der Waals surface area contributed by atoms with Crippen LogP contribution in [0.1, 0.15) is 50.9 Å². The summed E-state index contributed by atoms with van der Waals surface area (Å²) in [6.07, 6.45) is 2.03. The van der Waals surface area contributed by atoms with E-state index in [9.17, 15) is 0 Å². The fraction of sp³-hybridized carbons (Fsp3) is 0.769. The van der Waals surface area contributed by atoms with E-state index in [2.05, 4.69) is 31.1 Å². The molecule has 0 fully saturated rings. The summed E-state index contributed by atoms with van der Waals surface area (Å²) in [4.78, 5) is 4.67. The molecule has 0 saturated heterocycles. The van der Waals surface area contributed by atoms with E-state index in [0.717, 1.165) is 30.2 Å². The third kappa shape index (κ3) is 4.57. The lowest BCUT2D eigenvalue weighted by Gasteiger charge is -2.28. The molecule has 1 heterocycles. The van der Waals surface area contributed by atoms with Gasteiger partial charge in [-0.05, 0) is 25.2 Å². The highest BCUT2D eigenvalue weighted by molar-refractivity contribution is 7.09. The normalized spacial score (nSPS) is 13.9. The van der Waals surface area contributed by atoms with Gasteiger partial charge in [0, 0.05) is 17.9 Å². The predicted molar refractivity (Wildman–Crippen MR) is 75.0 cm³/mol. The molecule has 1 aromatic heterocycles. The van der Waals surface area contributed by atoms with Crippen molar-refractivity contribution in [3.63, 3.8) is 0 Å². The van der Waals surface area contributed by atoms with Crippen LogP contribution in [0.2, 0.25) is 0 Å². The monoisotopic (exact) mass is 275 g/mol. The maximum atomic E-state index is 5.83. The number of nitrogens with zero attached hydrogens (tertiary/aromatic N) is 1. The number of aryl methyl sites for hydroxylation is 1. The summed E-state index contributed by atoms with van der Waals surface area (Å²) in [5.41, 5.74) is 1.22. The van der Waals surface area contributed by atoms with Crippen molar-refractivity contribution in [1.82, 2.24) is 4.98 Å². The maximum absolute atomic E-state index is 5.83. The number of thiazole rings is 1. The van der Waals surface area contributed by atoms with Crippen molar-refractivity contribution in [3.8, 4) is 0 Å². The van der Waals surface area contributed by atoms with Crippen LogP contribution >= 0.6 is 22.9 Å². The highest BCUT2D eigenvalue weighted by Gasteiger charge is 2.29. The van der Waals surface area contributed by atoms with Gasteiger partial charge in [0.25, 0.3) is 0 Å². The summed E-state index contributed by atoms with van der Waals surface area (Å²) in [6, 6.07) is 0. The maximum Gasteiger partial charge on any atom is 0.122 e. The average Bonchev–Trinajstić information content (AvgIpc) is 2.69. The molecule has 0 bridgehead atoms. The van der Waals surface area contributed by atoms with Crippen LogP contribution in [0.5, 0.6) is 0 Å². The molecule has 98 valence electrons. The largest absolute Gasteiger partial charge is 0.371 e. The quantitative estimate of drug-likeness (QED) is 0.716. The first-order valence-corrected chi connectivity index (χ1v) is 7.52. The van der Waals surface area contributed by atoms with E-state index in [1.54, 1.807) is 11.3 Å².